The van der Waals surface area contributed by atoms with Gasteiger partial charge in [0.15, 0.2) is 0 Å². The molecule has 1 heterocycles. The first kappa shape index (κ1) is 11.9. The largest absolute Gasteiger partial charge is 0.339 e. The van der Waals surface area contributed by atoms with Gasteiger partial charge in [-0.15, -0.1) is 0 Å². The average Bonchev–Trinajstić information content (AvgIpc) is 2.29. The van der Waals surface area contributed by atoms with Crippen LogP contribution in [-0.4, -0.2) is 29.2 Å². The summed E-state index contributed by atoms with van der Waals surface area (Å²) in [5.41, 5.74) is 2.08. The second kappa shape index (κ2) is 4.75. The van der Waals surface area contributed by atoms with Gasteiger partial charge < -0.3 is 4.90 Å². The zero-order valence-electron chi connectivity index (χ0n) is 10.1. The highest BCUT2D eigenvalue weighted by atomic mass is 32.2. The number of nitrogens with zero attached hydrogens (tertiary/aromatic N) is 2. The Labute approximate surface area is 105 Å². The van der Waals surface area contributed by atoms with E-state index in [9.17, 15) is 4.79 Å². The lowest BCUT2D eigenvalue weighted by atomic mass is 10.1. The van der Waals surface area contributed by atoms with Gasteiger partial charge in [0.25, 0.3) is 5.24 Å². The van der Waals surface area contributed by atoms with Crippen LogP contribution in [0.2, 0.25) is 0 Å². The monoisotopic (exact) mass is 246 g/mol. The highest BCUT2D eigenvalue weighted by Gasteiger charge is 2.09. The van der Waals surface area contributed by atoms with E-state index in [1.165, 1.54) is 0 Å². The van der Waals surface area contributed by atoms with Gasteiger partial charge in [-0.2, -0.15) is 0 Å². The summed E-state index contributed by atoms with van der Waals surface area (Å²) in [4.78, 5) is 17.6. The van der Waals surface area contributed by atoms with Crippen molar-refractivity contribution in [3.05, 3.63) is 35.9 Å². The van der Waals surface area contributed by atoms with Crippen molar-refractivity contribution in [1.29, 1.82) is 0 Å². The van der Waals surface area contributed by atoms with Crippen molar-refractivity contribution in [2.75, 3.05) is 14.1 Å². The number of thioether (sulfide) groups is 1. The number of hydrogen-bond acceptors (Lipinski definition) is 3. The maximum Gasteiger partial charge on any atom is 0.287 e. The molecule has 17 heavy (non-hydrogen) atoms. The number of fused-ring (bicyclic) bond motifs is 1. The lowest BCUT2D eigenvalue weighted by Crippen LogP contribution is -2.16. The summed E-state index contributed by atoms with van der Waals surface area (Å²) in [5.74, 6) is 0. The van der Waals surface area contributed by atoms with Gasteiger partial charge >= 0.3 is 0 Å². The topological polar surface area (TPSA) is 33.2 Å². The predicted molar refractivity (Wildman–Crippen MR) is 71.4 cm³/mol. The van der Waals surface area contributed by atoms with E-state index >= 15 is 0 Å². The molecule has 0 saturated carbocycles. The first-order valence-electron chi connectivity index (χ1n) is 5.33. The molecule has 0 radical (unpaired) electrons. The molecule has 0 aliphatic rings. The van der Waals surface area contributed by atoms with Gasteiger partial charge in [0.05, 0.1) is 5.52 Å². The Bertz CT molecular complexity index is 566. The van der Waals surface area contributed by atoms with Crippen LogP contribution in [-0.2, 0) is 0 Å². The molecule has 88 valence electrons. The number of hydrogen-bond donors (Lipinski definition) is 0. The zero-order chi connectivity index (χ0) is 12.4. The van der Waals surface area contributed by atoms with Crippen molar-refractivity contribution < 1.29 is 4.79 Å². The van der Waals surface area contributed by atoms with Crippen LogP contribution in [0.5, 0.6) is 0 Å². The van der Waals surface area contributed by atoms with Gasteiger partial charge in [-0.25, -0.2) is 4.98 Å². The zero-order valence-corrected chi connectivity index (χ0v) is 10.9. The highest BCUT2D eigenvalue weighted by Crippen LogP contribution is 2.24. The molecule has 0 spiro atoms. The van der Waals surface area contributed by atoms with E-state index in [4.69, 9.17) is 0 Å². The van der Waals surface area contributed by atoms with Crippen LogP contribution in [0.4, 0.5) is 4.79 Å². The third-order valence-electron chi connectivity index (χ3n) is 2.46. The maximum absolute atomic E-state index is 11.6. The lowest BCUT2D eigenvalue weighted by molar-refractivity contribution is 0.241. The molecular weight excluding hydrogens is 232 g/mol. The molecule has 4 heteroatoms. The third kappa shape index (κ3) is 2.58. The molecule has 2 aromatic rings. The van der Waals surface area contributed by atoms with Crippen LogP contribution in [0.25, 0.3) is 10.9 Å². The number of aromatic nitrogens is 1. The summed E-state index contributed by atoms with van der Waals surface area (Å²) in [6.07, 6.45) is 0. The normalized spacial score (nSPS) is 10.5. The molecule has 0 saturated heterocycles. The smallest absolute Gasteiger partial charge is 0.287 e. The first-order valence-corrected chi connectivity index (χ1v) is 6.15. The summed E-state index contributed by atoms with van der Waals surface area (Å²) in [7, 11) is 3.48. The van der Waals surface area contributed by atoms with Crippen LogP contribution >= 0.6 is 11.8 Å². The fraction of sp³-hybridized carbons (Fsp3) is 0.231. The second-order valence-corrected chi connectivity index (χ2v) is 5.03. The SMILES string of the molecule is Cc1cc(SC(=O)N(C)C)nc2ccccc12. The fourth-order valence-corrected chi connectivity index (χ4v) is 2.29. The fourth-order valence-electron chi connectivity index (χ4n) is 1.55. The van der Waals surface area contributed by atoms with Crippen molar-refractivity contribution in [3.63, 3.8) is 0 Å². The summed E-state index contributed by atoms with van der Waals surface area (Å²) in [6, 6.07) is 9.91. The van der Waals surface area contributed by atoms with Gasteiger partial charge in [0.1, 0.15) is 5.03 Å². The number of carbonyl (C=O) groups is 1. The van der Waals surface area contributed by atoms with Gasteiger partial charge in [-0.05, 0) is 36.4 Å². The summed E-state index contributed by atoms with van der Waals surface area (Å²) in [5, 5.41) is 1.88. The Hall–Kier alpha value is -1.55. The van der Waals surface area contributed by atoms with Crippen LogP contribution in [0.15, 0.2) is 35.4 Å². The minimum absolute atomic E-state index is 0.00724. The minimum atomic E-state index is -0.00724. The summed E-state index contributed by atoms with van der Waals surface area (Å²) < 4.78 is 0. The Kier molecular flexibility index (Phi) is 3.33. The van der Waals surface area contributed by atoms with Crippen LogP contribution in [0.1, 0.15) is 5.56 Å². The third-order valence-corrected chi connectivity index (χ3v) is 3.41. The number of aryl methyl sites for hydroxylation is 1. The Morgan fingerprint density at radius 1 is 1.29 bits per heavy atom. The highest BCUT2D eigenvalue weighted by molar-refractivity contribution is 8.13. The Morgan fingerprint density at radius 3 is 2.71 bits per heavy atom. The minimum Gasteiger partial charge on any atom is -0.339 e. The number of pyridine rings is 1. The lowest BCUT2D eigenvalue weighted by Gasteiger charge is -2.10. The maximum atomic E-state index is 11.6. The van der Waals surface area contributed by atoms with Crippen molar-refractivity contribution in [3.8, 4) is 0 Å². The van der Waals surface area contributed by atoms with E-state index in [1.807, 2.05) is 37.3 Å². The molecule has 0 N–H and O–H groups in total. The number of amides is 1. The number of carbonyl (C=O) groups excluding carboxylic acids is 1. The standard InChI is InChI=1S/C13H14N2OS/c1-9-8-12(17-13(16)15(2)3)14-11-7-5-4-6-10(9)11/h4-8H,1-3H3. The summed E-state index contributed by atoms with van der Waals surface area (Å²) >= 11 is 1.16. The Morgan fingerprint density at radius 2 is 2.00 bits per heavy atom. The van der Waals surface area contributed by atoms with E-state index in [-0.39, 0.29) is 5.24 Å². The van der Waals surface area contributed by atoms with Crippen molar-refractivity contribution in [2.24, 2.45) is 0 Å². The van der Waals surface area contributed by atoms with E-state index in [0.29, 0.717) is 0 Å². The molecule has 3 nitrogen and oxygen atoms in total. The molecule has 0 fully saturated rings. The van der Waals surface area contributed by atoms with Gasteiger partial charge in [-0.3, -0.25) is 4.79 Å². The molecule has 0 aliphatic heterocycles. The van der Waals surface area contributed by atoms with Gasteiger partial charge in [-0.1, -0.05) is 18.2 Å². The van der Waals surface area contributed by atoms with Crippen molar-refractivity contribution >= 4 is 27.9 Å². The summed E-state index contributed by atoms with van der Waals surface area (Å²) in [6.45, 7) is 2.04. The Balaban J connectivity index is 2.40. The molecular formula is C13H14N2OS. The quantitative estimate of drug-likeness (QED) is 0.724. The van der Waals surface area contributed by atoms with Crippen LogP contribution in [0.3, 0.4) is 0 Å². The predicted octanol–water partition coefficient (Wildman–Crippen LogP) is 3.32. The molecule has 0 unspecified atom stereocenters. The number of rotatable bonds is 1. The molecule has 1 aromatic heterocycles. The van der Waals surface area contributed by atoms with Crippen LogP contribution in [0, 0.1) is 6.92 Å². The molecule has 2 rings (SSSR count). The molecule has 0 aliphatic carbocycles. The van der Waals surface area contributed by atoms with Gasteiger partial charge in [0.2, 0.25) is 0 Å². The van der Waals surface area contributed by atoms with Crippen molar-refractivity contribution in [2.45, 2.75) is 11.9 Å². The van der Waals surface area contributed by atoms with E-state index in [0.717, 1.165) is 33.3 Å². The molecule has 1 amide bonds. The van der Waals surface area contributed by atoms with Crippen molar-refractivity contribution in [1.82, 2.24) is 9.88 Å². The average molecular weight is 246 g/mol. The molecule has 1 aromatic carbocycles. The van der Waals surface area contributed by atoms with E-state index in [1.54, 1.807) is 19.0 Å². The van der Waals surface area contributed by atoms with E-state index < -0.39 is 0 Å². The van der Waals surface area contributed by atoms with E-state index in [2.05, 4.69) is 4.98 Å². The first-order chi connectivity index (χ1) is 8.08. The number of benzene rings is 1. The second-order valence-electron chi connectivity index (χ2n) is 4.06. The van der Waals surface area contributed by atoms with Crippen LogP contribution < -0.4 is 0 Å². The molecule has 0 bridgehead atoms. The van der Waals surface area contributed by atoms with Gasteiger partial charge in [0, 0.05) is 19.5 Å². The number of para-hydroxylation sites is 1. The molecule has 0 atom stereocenters.